The highest BCUT2D eigenvalue weighted by Crippen LogP contribution is 2.25. The van der Waals surface area contributed by atoms with Crippen molar-refractivity contribution < 1.29 is 23.7 Å². The highest BCUT2D eigenvalue weighted by atomic mass is 79.9. The van der Waals surface area contributed by atoms with Gasteiger partial charge in [-0.3, -0.25) is 0 Å². The number of hydrogen-bond donors (Lipinski definition) is 0. The molecule has 0 amide bonds. The van der Waals surface area contributed by atoms with Gasteiger partial charge in [-0.2, -0.15) is 0 Å². The van der Waals surface area contributed by atoms with E-state index in [4.69, 9.17) is 23.7 Å². The van der Waals surface area contributed by atoms with Crippen molar-refractivity contribution in [3.63, 3.8) is 0 Å². The predicted octanol–water partition coefficient (Wildman–Crippen LogP) is 1.19. The molecule has 0 aromatic heterocycles. The van der Waals surface area contributed by atoms with Crippen molar-refractivity contribution in [2.75, 3.05) is 39.9 Å². The monoisotopic (exact) mass is 312 g/mol. The third kappa shape index (κ3) is 4.46. The van der Waals surface area contributed by atoms with Crippen molar-refractivity contribution >= 4 is 15.9 Å². The maximum Gasteiger partial charge on any atom is 0.160 e. The summed E-state index contributed by atoms with van der Waals surface area (Å²) in [6, 6.07) is 0. The van der Waals surface area contributed by atoms with Crippen LogP contribution in [0.3, 0.4) is 0 Å². The Kier molecular flexibility index (Phi) is 7.57. The molecule has 0 bridgehead atoms. The quantitative estimate of drug-likeness (QED) is 0.661. The maximum atomic E-state index is 5.79. The second-order valence-electron chi connectivity index (χ2n) is 3.83. The van der Waals surface area contributed by atoms with Crippen LogP contribution in [0.1, 0.15) is 6.42 Å². The molecule has 4 atom stereocenters. The van der Waals surface area contributed by atoms with Gasteiger partial charge in [-0.15, -0.1) is 0 Å². The molecule has 1 fully saturated rings. The molecule has 0 N–H and O–H groups in total. The molecule has 0 aromatic rings. The summed E-state index contributed by atoms with van der Waals surface area (Å²) in [5.41, 5.74) is 0. The molecule has 6 heteroatoms. The van der Waals surface area contributed by atoms with Crippen molar-refractivity contribution in [3.8, 4) is 0 Å². The highest BCUT2D eigenvalue weighted by Gasteiger charge is 2.39. The predicted molar refractivity (Wildman–Crippen MR) is 66.5 cm³/mol. The van der Waals surface area contributed by atoms with Gasteiger partial charge in [0.25, 0.3) is 0 Å². The number of halogens is 1. The van der Waals surface area contributed by atoms with Crippen molar-refractivity contribution in [2.24, 2.45) is 0 Å². The number of rotatable bonds is 7. The Labute approximate surface area is 111 Å². The first-order valence-corrected chi connectivity index (χ1v) is 6.76. The molecular weight excluding hydrogens is 292 g/mol. The van der Waals surface area contributed by atoms with E-state index in [1.165, 1.54) is 0 Å². The summed E-state index contributed by atoms with van der Waals surface area (Å²) in [4.78, 5) is 0. The zero-order valence-corrected chi connectivity index (χ0v) is 12.1. The third-order valence-electron chi connectivity index (χ3n) is 2.77. The van der Waals surface area contributed by atoms with E-state index in [9.17, 15) is 0 Å². The van der Waals surface area contributed by atoms with Crippen molar-refractivity contribution in [2.45, 2.75) is 31.0 Å². The molecular formula is C11H21BrO5. The SMILES string of the molecule is COC[C@H]1O[C@H](OCCBr)C[C@@H](OC)[C@@H]1OC. The van der Waals surface area contributed by atoms with Gasteiger partial charge in [-0.1, -0.05) is 15.9 Å². The largest absolute Gasteiger partial charge is 0.382 e. The summed E-state index contributed by atoms with van der Waals surface area (Å²) in [7, 11) is 4.97. The molecule has 0 aliphatic carbocycles. The fourth-order valence-corrected chi connectivity index (χ4v) is 2.19. The van der Waals surface area contributed by atoms with Crippen LogP contribution in [0.2, 0.25) is 0 Å². The summed E-state index contributed by atoms with van der Waals surface area (Å²) in [6.45, 7) is 1.07. The topological polar surface area (TPSA) is 46.2 Å². The molecule has 0 spiro atoms. The zero-order valence-electron chi connectivity index (χ0n) is 10.6. The normalized spacial score (nSPS) is 33.9. The Bertz CT molecular complexity index is 204. The Morgan fingerprint density at radius 2 is 2.00 bits per heavy atom. The van der Waals surface area contributed by atoms with Crippen LogP contribution in [0.25, 0.3) is 0 Å². The van der Waals surface area contributed by atoms with E-state index >= 15 is 0 Å². The lowest BCUT2D eigenvalue weighted by molar-refractivity contribution is -0.264. The molecule has 1 aliphatic heterocycles. The van der Waals surface area contributed by atoms with E-state index in [-0.39, 0.29) is 24.6 Å². The summed E-state index contributed by atoms with van der Waals surface area (Å²) in [6.07, 6.45) is 0.0912. The number of ether oxygens (including phenoxy) is 5. The van der Waals surface area contributed by atoms with Crippen LogP contribution in [-0.2, 0) is 23.7 Å². The van der Waals surface area contributed by atoms with Crippen molar-refractivity contribution in [1.82, 2.24) is 0 Å². The number of methoxy groups -OCH3 is 3. The molecule has 5 nitrogen and oxygen atoms in total. The maximum absolute atomic E-state index is 5.79. The van der Waals surface area contributed by atoms with Gasteiger partial charge in [0, 0.05) is 33.1 Å². The molecule has 0 aromatic carbocycles. The summed E-state index contributed by atoms with van der Waals surface area (Å²) < 4.78 is 27.3. The van der Waals surface area contributed by atoms with Crippen LogP contribution in [0, 0.1) is 0 Å². The van der Waals surface area contributed by atoms with Crippen LogP contribution >= 0.6 is 15.9 Å². The summed E-state index contributed by atoms with van der Waals surface area (Å²) in [5, 5.41) is 0.785. The average Bonchev–Trinajstić information content (AvgIpc) is 2.36. The Morgan fingerprint density at radius 1 is 1.24 bits per heavy atom. The number of hydrogen-bond acceptors (Lipinski definition) is 5. The lowest BCUT2D eigenvalue weighted by atomic mass is 10.0. The van der Waals surface area contributed by atoms with Gasteiger partial charge in [0.05, 0.1) is 19.3 Å². The molecule has 1 rings (SSSR count). The third-order valence-corrected chi connectivity index (χ3v) is 3.09. The molecule has 1 aliphatic rings. The molecule has 102 valence electrons. The van der Waals surface area contributed by atoms with Gasteiger partial charge in [0.1, 0.15) is 12.2 Å². The van der Waals surface area contributed by atoms with E-state index in [1.54, 1.807) is 21.3 Å². The molecule has 0 radical (unpaired) electrons. The van der Waals surface area contributed by atoms with Crippen LogP contribution < -0.4 is 0 Å². The average molecular weight is 313 g/mol. The molecule has 17 heavy (non-hydrogen) atoms. The Hall–Kier alpha value is 0.280. The van der Waals surface area contributed by atoms with Gasteiger partial charge in [-0.25, -0.2) is 0 Å². The summed E-state index contributed by atoms with van der Waals surface area (Å²) in [5.74, 6) is 0. The van der Waals surface area contributed by atoms with Gasteiger partial charge in [-0.05, 0) is 0 Å². The lowest BCUT2D eigenvalue weighted by Gasteiger charge is -2.39. The van der Waals surface area contributed by atoms with Gasteiger partial charge in [0.15, 0.2) is 6.29 Å². The van der Waals surface area contributed by atoms with E-state index in [0.717, 1.165) is 5.33 Å². The van der Waals surface area contributed by atoms with Crippen molar-refractivity contribution in [1.29, 1.82) is 0 Å². The second-order valence-corrected chi connectivity index (χ2v) is 4.62. The fourth-order valence-electron chi connectivity index (χ4n) is 2.01. The minimum absolute atomic E-state index is 0.0331. The van der Waals surface area contributed by atoms with Crippen LogP contribution in [-0.4, -0.2) is 64.5 Å². The minimum Gasteiger partial charge on any atom is -0.382 e. The summed E-state index contributed by atoms with van der Waals surface area (Å²) >= 11 is 3.32. The van der Waals surface area contributed by atoms with E-state index in [2.05, 4.69) is 15.9 Å². The first kappa shape index (κ1) is 15.3. The van der Waals surface area contributed by atoms with E-state index < -0.39 is 0 Å². The molecule has 0 unspecified atom stereocenters. The minimum atomic E-state index is -0.260. The highest BCUT2D eigenvalue weighted by molar-refractivity contribution is 9.09. The Balaban J connectivity index is 2.58. The molecule has 1 saturated heterocycles. The van der Waals surface area contributed by atoms with Crippen molar-refractivity contribution in [3.05, 3.63) is 0 Å². The van der Waals surface area contributed by atoms with Gasteiger partial charge in [0.2, 0.25) is 0 Å². The van der Waals surface area contributed by atoms with Crippen LogP contribution in [0.4, 0.5) is 0 Å². The van der Waals surface area contributed by atoms with Gasteiger partial charge < -0.3 is 23.7 Å². The zero-order chi connectivity index (χ0) is 12.7. The second kappa shape index (κ2) is 8.39. The molecule has 0 saturated carbocycles. The smallest absolute Gasteiger partial charge is 0.160 e. The standard InChI is InChI=1S/C11H21BrO5/c1-13-7-9-11(15-3)8(14-2)6-10(17-9)16-5-4-12/h8-11H,4-7H2,1-3H3/t8-,9-,10+,11+/m1/s1. The first-order valence-electron chi connectivity index (χ1n) is 5.64. The fraction of sp³-hybridized carbons (Fsp3) is 1.00. The Morgan fingerprint density at radius 3 is 2.53 bits per heavy atom. The van der Waals surface area contributed by atoms with Gasteiger partial charge >= 0.3 is 0 Å². The lowest BCUT2D eigenvalue weighted by Crippen LogP contribution is -2.52. The van der Waals surface area contributed by atoms with E-state index in [0.29, 0.717) is 19.6 Å². The number of alkyl halides is 1. The van der Waals surface area contributed by atoms with Crippen LogP contribution in [0.15, 0.2) is 0 Å². The first-order chi connectivity index (χ1) is 8.26. The molecule has 1 heterocycles. The van der Waals surface area contributed by atoms with Crippen LogP contribution in [0.5, 0.6) is 0 Å². The van der Waals surface area contributed by atoms with E-state index in [1.807, 2.05) is 0 Å².